The molecule has 4 aliphatic carbocycles. The molecule has 2 aromatic heterocycles. The third kappa shape index (κ3) is 2.79. The van der Waals surface area contributed by atoms with Crippen molar-refractivity contribution in [2.45, 2.75) is 57.2 Å². The van der Waals surface area contributed by atoms with E-state index < -0.39 is 11.7 Å². The minimum Gasteiger partial charge on any atom is -0.397 e. The van der Waals surface area contributed by atoms with E-state index in [0.29, 0.717) is 17.8 Å². The van der Waals surface area contributed by atoms with Gasteiger partial charge in [-0.25, -0.2) is 4.98 Å². The monoisotopic (exact) mass is 409 g/mol. The summed E-state index contributed by atoms with van der Waals surface area (Å²) in [6.45, 7) is 1.51. The van der Waals surface area contributed by atoms with Gasteiger partial charge in [-0.1, -0.05) is 0 Å². The second kappa shape index (κ2) is 5.84. The van der Waals surface area contributed by atoms with Gasteiger partial charge in [0.2, 0.25) is 0 Å². The Balaban J connectivity index is 1.51. The summed E-state index contributed by atoms with van der Waals surface area (Å²) in [4.78, 5) is 17.6. The van der Waals surface area contributed by atoms with Gasteiger partial charge in [0.05, 0.1) is 11.3 Å². The lowest BCUT2D eigenvalue weighted by molar-refractivity contribution is -0.136. The van der Waals surface area contributed by atoms with Crippen LogP contribution in [0.4, 0.5) is 18.9 Å². The molecule has 0 aromatic carbocycles. The molecule has 8 heteroatoms. The number of nitrogens with two attached hydrogens (primary N) is 1. The Labute approximate surface area is 164 Å². The summed E-state index contributed by atoms with van der Waals surface area (Å²) >= 11 is 0.957. The lowest BCUT2D eigenvalue weighted by Crippen LogP contribution is -2.59. The predicted octanol–water partition coefficient (Wildman–Crippen LogP) is 4.90. The molecule has 28 heavy (non-hydrogen) atoms. The fraction of sp³-hybridized carbons (Fsp3) is 0.600. The van der Waals surface area contributed by atoms with Crippen molar-refractivity contribution in [3.05, 3.63) is 22.2 Å². The van der Waals surface area contributed by atoms with E-state index in [4.69, 9.17) is 5.73 Å². The van der Waals surface area contributed by atoms with Crippen molar-refractivity contribution < 1.29 is 18.0 Å². The number of thiophene rings is 1. The van der Waals surface area contributed by atoms with Crippen LogP contribution in [-0.2, 0) is 6.18 Å². The fourth-order valence-electron chi connectivity index (χ4n) is 6.20. The largest absolute Gasteiger partial charge is 0.417 e. The number of carbonyl (C=O) groups excluding carboxylic acids is 1. The number of amides is 1. The van der Waals surface area contributed by atoms with Crippen LogP contribution in [0.5, 0.6) is 0 Å². The number of nitrogens with zero attached hydrogens (tertiary/aromatic N) is 1. The number of rotatable bonds is 2. The fourth-order valence-corrected chi connectivity index (χ4v) is 7.26. The van der Waals surface area contributed by atoms with Crippen molar-refractivity contribution >= 4 is 33.1 Å². The maximum absolute atomic E-state index is 13.5. The Morgan fingerprint density at radius 1 is 1.21 bits per heavy atom. The molecular weight excluding hydrogens is 387 g/mol. The molecule has 0 radical (unpaired) electrons. The summed E-state index contributed by atoms with van der Waals surface area (Å²) in [7, 11) is 0. The molecule has 0 atom stereocenters. The van der Waals surface area contributed by atoms with Crippen LogP contribution >= 0.6 is 11.3 Å². The lowest BCUT2D eigenvalue weighted by Gasteiger charge is -2.56. The predicted molar refractivity (Wildman–Crippen MR) is 102 cm³/mol. The van der Waals surface area contributed by atoms with Gasteiger partial charge in [-0.2, -0.15) is 13.2 Å². The summed E-state index contributed by atoms with van der Waals surface area (Å²) in [6.07, 6.45) is 2.12. The number of nitrogen functional groups attached to an aromatic ring is 1. The standard InChI is InChI=1S/C20H22F3N3OS/c1-9-2-13(20(21,22)23)14-15(24)16(28-18(14)25-9)17(27)26-19-6-10-3-11(7-19)5-12(4-10)8-19/h2,10-12H,3-8,24H2,1H3,(H,26,27). The number of carbonyl (C=O) groups is 1. The Morgan fingerprint density at radius 2 is 1.79 bits per heavy atom. The van der Waals surface area contributed by atoms with E-state index in [9.17, 15) is 18.0 Å². The number of anilines is 1. The average molecular weight is 409 g/mol. The number of fused-ring (bicyclic) bond motifs is 1. The van der Waals surface area contributed by atoms with Crippen LogP contribution in [0.1, 0.15) is 59.5 Å². The van der Waals surface area contributed by atoms with Crippen molar-refractivity contribution in [1.82, 2.24) is 10.3 Å². The number of nitrogens with one attached hydrogen (secondary N) is 1. The van der Waals surface area contributed by atoms with Crippen molar-refractivity contribution in [2.24, 2.45) is 17.8 Å². The van der Waals surface area contributed by atoms with Gasteiger partial charge in [-0.15, -0.1) is 11.3 Å². The third-order valence-corrected chi connectivity index (χ3v) is 7.85. The quantitative estimate of drug-likeness (QED) is 0.741. The minimum absolute atomic E-state index is 0.109. The SMILES string of the molecule is Cc1cc(C(F)(F)F)c2c(N)c(C(=O)NC34CC5CC(CC(C5)C3)C4)sc2n1. The van der Waals surface area contributed by atoms with Crippen molar-refractivity contribution in [2.75, 3.05) is 5.73 Å². The topological polar surface area (TPSA) is 68.0 Å². The molecule has 4 nitrogen and oxygen atoms in total. The highest BCUT2D eigenvalue weighted by molar-refractivity contribution is 7.21. The molecule has 0 saturated heterocycles. The molecule has 0 aliphatic heterocycles. The zero-order valence-electron chi connectivity index (χ0n) is 15.5. The Kier molecular flexibility index (Phi) is 3.80. The van der Waals surface area contributed by atoms with E-state index >= 15 is 0 Å². The van der Waals surface area contributed by atoms with Crippen LogP contribution in [-0.4, -0.2) is 16.4 Å². The van der Waals surface area contributed by atoms with Crippen molar-refractivity contribution in [3.63, 3.8) is 0 Å². The first-order valence-electron chi connectivity index (χ1n) is 9.73. The Bertz CT molecular complexity index is 946. The Hall–Kier alpha value is -1.83. The average Bonchev–Trinajstić information content (AvgIpc) is 2.88. The molecule has 0 spiro atoms. The number of hydrogen-bond acceptors (Lipinski definition) is 4. The van der Waals surface area contributed by atoms with Gasteiger partial charge in [0, 0.05) is 16.6 Å². The lowest BCUT2D eigenvalue weighted by atomic mass is 9.53. The molecule has 0 unspecified atom stereocenters. The van der Waals surface area contributed by atoms with E-state index in [0.717, 1.165) is 36.7 Å². The van der Waals surface area contributed by atoms with Crippen LogP contribution in [0.25, 0.3) is 10.2 Å². The van der Waals surface area contributed by atoms with E-state index in [-0.39, 0.29) is 37.9 Å². The summed E-state index contributed by atoms with van der Waals surface area (Å²) in [6, 6.07) is 0.992. The van der Waals surface area contributed by atoms with Crippen molar-refractivity contribution in [1.29, 1.82) is 0 Å². The summed E-state index contributed by atoms with van der Waals surface area (Å²) in [5.41, 5.74) is 5.17. The molecule has 1 amide bonds. The molecule has 3 N–H and O–H groups in total. The summed E-state index contributed by atoms with van der Waals surface area (Å²) < 4.78 is 40.5. The minimum atomic E-state index is -4.55. The van der Waals surface area contributed by atoms with Gasteiger partial charge in [-0.05, 0) is 69.3 Å². The van der Waals surface area contributed by atoms with Gasteiger partial charge in [-0.3, -0.25) is 4.79 Å². The van der Waals surface area contributed by atoms with Gasteiger partial charge in [0.15, 0.2) is 0 Å². The Morgan fingerprint density at radius 3 is 2.32 bits per heavy atom. The number of halogens is 3. The molecule has 150 valence electrons. The second-order valence-electron chi connectivity index (χ2n) is 8.99. The molecule has 4 aliphatic rings. The van der Waals surface area contributed by atoms with E-state index in [1.807, 2.05) is 0 Å². The van der Waals surface area contributed by atoms with Crippen molar-refractivity contribution in [3.8, 4) is 0 Å². The molecule has 4 fully saturated rings. The molecular formula is C20H22F3N3OS. The van der Waals surface area contributed by atoms with E-state index in [1.165, 1.54) is 26.2 Å². The first-order chi connectivity index (χ1) is 13.1. The molecule has 4 bridgehead atoms. The van der Waals surface area contributed by atoms with Crippen LogP contribution in [0.3, 0.4) is 0 Å². The van der Waals surface area contributed by atoms with Gasteiger partial charge < -0.3 is 11.1 Å². The number of alkyl halides is 3. The summed E-state index contributed by atoms with van der Waals surface area (Å²) in [5.74, 6) is 1.63. The zero-order valence-corrected chi connectivity index (χ0v) is 16.3. The number of aryl methyl sites for hydroxylation is 1. The van der Waals surface area contributed by atoms with Gasteiger partial charge >= 0.3 is 6.18 Å². The van der Waals surface area contributed by atoms with Gasteiger partial charge in [0.1, 0.15) is 9.71 Å². The maximum Gasteiger partial charge on any atom is 0.417 e. The van der Waals surface area contributed by atoms with Crippen LogP contribution in [0.2, 0.25) is 0 Å². The highest BCUT2D eigenvalue weighted by Crippen LogP contribution is 2.55. The number of hydrogen-bond donors (Lipinski definition) is 2. The normalized spacial score (nSPS) is 31.5. The molecule has 2 heterocycles. The van der Waals surface area contributed by atoms with Crippen LogP contribution in [0, 0.1) is 24.7 Å². The maximum atomic E-state index is 13.5. The molecule has 2 aromatic rings. The van der Waals surface area contributed by atoms with E-state index in [1.54, 1.807) is 0 Å². The van der Waals surface area contributed by atoms with E-state index in [2.05, 4.69) is 10.3 Å². The number of aromatic nitrogens is 1. The second-order valence-corrected chi connectivity index (χ2v) is 9.99. The van der Waals surface area contributed by atoms with Crippen LogP contribution in [0.15, 0.2) is 6.07 Å². The number of pyridine rings is 1. The summed E-state index contributed by atoms with van der Waals surface area (Å²) in [5, 5.41) is 3.04. The highest BCUT2D eigenvalue weighted by atomic mass is 32.1. The third-order valence-electron chi connectivity index (χ3n) is 6.76. The smallest absolute Gasteiger partial charge is 0.397 e. The molecule has 4 saturated carbocycles. The zero-order chi connectivity index (χ0) is 19.8. The first-order valence-corrected chi connectivity index (χ1v) is 10.5. The highest BCUT2D eigenvalue weighted by Gasteiger charge is 2.51. The molecule has 6 rings (SSSR count). The van der Waals surface area contributed by atoms with Gasteiger partial charge in [0.25, 0.3) is 5.91 Å². The van der Waals surface area contributed by atoms with Crippen LogP contribution < -0.4 is 11.1 Å². The first kappa shape index (κ1) is 18.2.